The SMILES string of the molecule is Cc1ccc(NC(=O)CN2C(=O)[C@@H]3[C@H](C2=O)[C@H]2C=C[C@H]3C2)c([N+](=O)[O-])c1. The van der Waals surface area contributed by atoms with E-state index in [-0.39, 0.29) is 46.9 Å². The van der Waals surface area contributed by atoms with Crippen LogP contribution in [0, 0.1) is 40.7 Å². The summed E-state index contributed by atoms with van der Waals surface area (Å²) in [4.78, 5) is 49.0. The third kappa shape index (κ3) is 2.40. The number of rotatable bonds is 4. The number of hydrogen-bond donors (Lipinski definition) is 1. The molecule has 0 spiro atoms. The van der Waals surface area contributed by atoms with Gasteiger partial charge in [-0.25, -0.2) is 0 Å². The molecule has 0 aromatic heterocycles. The number of anilines is 1. The van der Waals surface area contributed by atoms with Crippen LogP contribution in [0.5, 0.6) is 0 Å². The molecular formula is C18H17N3O5. The van der Waals surface area contributed by atoms with E-state index >= 15 is 0 Å². The van der Waals surface area contributed by atoms with Crippen molar-refractivity contribution in [2.45, 2.75) is 13.3 Å². The van der Waals surface area contributed by atoms with E-state index in [0.717, 1.165) is 11.3 Å². The zero-order valence-corrected chi connectivity index (χ0v) is 14.0. The highest BCUT2D eigenvalue weighted by molar-refractivity contribution is 6.09. The van der Waals surface area contributed by atoms with Crippen LogP contribution in [-0.4, -0.2) is 34.1 Å². The Labute approximate surface area is 149 Å². The Bertz CT molecular complexity index is 848. The molecule has 1 aliphatic heterocycles. The van der Waals surface area contributed by atoms with Crippen LogP contribution in [-0.2, 0) is 14.4 Å². The predicted molar refractivity (Wildman–Crippen MR) is 90.9 cm³/mol. The topological polar surface area (TPSA) is 110 Å². The Hall–Kier alpha value is -3.03. The summed E-state index contributed by atoms with van der Waals surface area (Å²) in [6.45, 7) is 1.29. The van der Waals surface area contributed by atoms with Gasteiger partial charge < -0.3 is 5.32 Å². The molecule has 1 aromatic rings. The summed E-state index contributed by atoms with van der Waals surface area (Å²) in [6.07, 6.45) is 4.79. The molecule has 1 N–H and O–H groups in total. The van der Waals surface area contributed by atoms with Crippen molar-refractivity contribution in [1.29, 1.82) is 0 Å². The number of nitro groups is 1. The van der Waals surface area contributed by atoms with Gasteiger partial charge in [0.15, 0.2) is 0 Å². The average Bonchev–Trinajstić information content (AvgIpc) is 3.26. The number of aryl methyl sites for hydroxylation is 1. The molecule has 134 valence electrons. The lowest BCUT2D eigenvalue weighted by Gasteiger charge is -2.16. The van der Waals surface area contributed by atoms with Crippen LogP contribution in [0.2, 0.25) is 0 Å². The molecule has 1 aromatic carbocycles. The zero-order chi connectivity index (χ0) is 18.6. The second-order valence-electron chi connectivity index (χ2n) is 7.09. The van der Waals surface area contributed by atoms with Gasteiger partial charge in [0.05, 0.1) is 16.8 Å². The molecule has 4 rings (SSSR count). The second-order valence-corrected chi connectivity index (χ2v) is 7.09. The van der Waals surface area contributed by atoms with Crippen LogP contribution in [0.3, 0.4) is 0 Å². The predicted octanol–water partition coefficient (Wildman–Crippen LogP) is 1.65. The number of allylic oxidation sites excluding steroid dienone is 2. The fourth-order valence-corrected chi connectivity index (χ4v) is 4.35. The molecule has 2 bridgehead atoms. The number of carbonyl (C=O) groups is 3. The molecule has 3 aliphatic rings. The Morgan fingerprint density at radius 2 is 1.85 bits per heavy atom. The number of nitro benzene ring substituents is 1. The van der Waals surface area contributed by atoms with Gasteiger partial charge in [0.1, 0.15) is 12.2 Å². The lowest BCUT2D eigenvalue weighted by atomic mass is 9.85. The summed E-state index contributed by atoms with van der Waals surface area (Å²) in [5, 5.41) is 13.6. The number of imide groups is 1. The van der Waals surface area contributed by atoms with E-state index in [9.17, 15) is 24.5 Å². The van der Waals surface area contributed by atoms with Gasteiger partial charge in [-0.1, -0.05) is 18.2 Å². The fourth-order valence-electron chi connectivity index (χ4n) is 4.35. The van der Waals surface area contributed by atoms with Crippen LogP contribution >= 0.6 is 0 Å². The van der Waals surface area contributed by atoms with E-state index in [2.05, 4.69) is 5.32 Å². The summed E-state index contributed by atoms with van der Waals surface area (Å²) in [6, 6.07) is 4.44. The Balaban J connectivity index is 1.49. The van der Waals surface area contributed by atoms with Crippen molar-refractivity contribution in [3.63, 3.8) is 0 Å². The highest BCUT2D eigenvalue weighted by Crippen LogP contribution is 2.52. The molecule has 0 unspecified atom stereocenters. The van der Waals surface area contributed by atoms with Crippen LogP contribution in [0.4, 0.5) is 11.4 Å². The van der Waals surface area contributed by atoms with E-state index in [1.54, 1.807) is 13.0 Å². The molecule has 1 saturated carbocycles. The minimum absolute atomic E-state index is 0.0478. The van der Waals surface area contributed by atoms with Crippen LogP contribution < -0.4 is 5.32 Å². The lowest BCUT2D eigenvalue weighted by Crippen LogP contribution is -2.39. The van der Waals surface area contributed by atoms with E-state index in [4.69, 9.17) is 0 Å². The van der Waals surface area contributed by atoms with Crippen molar-refractivity contribution in [2.24, 2.45) is 23.7 Å². The highest BCUT2D eigenvalue weighted by Gasteiger charge is 2.59. The fraction of sp³-hybridized carbons (Fsp3) is 0.389. The first-order chi connectivity index (χ1) is 12.4. The van der Waals surface area contributed by atoms with Gasteiger partial charge in [0.2, 0.25) is 17.7 Å². The normalized spacial score (nSPS) is 28.6. The lowest BCUT2D eigenvalue weighted by molar-refractivity contribution is -0.384. The minimum Gasteiger partial charge on any atom is -0.319 e. The van der Waals surface area contributed by atoms with Crippen molar-refractivity contribution in [3.8, 4) is 0 Å². The number of carbonyl (C=O) groups excluding carboxylic acids is 3. The summed E-state index contributed by atoms with van der Waals surface area (Å²) in [7, 11) is 0. The first kappa shape index (κ1) is 16.4. The van der Waals surface area contributed by atoms with Crippen molar-refractivity contribution >= 4 is 29.1 Å². The third-order valence-corrected chi connectivity index (χ3v) is 5.49. The van der Waals surface area contributed by atoms with Gasteiger partial charge in [0.25, 0.3) is 5.69 Å². The number of amides is 3. The van der Waals surface area contributed by atoms with Gasteiger partial charge in [-0.3, -0.25) is 29.4 Å². The first-order valence-corrected chi connectivity index (χ1v) is 8.45. The second kappa shape index (κ2) is 5.76. The Morgan fingerprint density at radius 3 is 2.42 bits per heavy atom. The van der Waals surface area contributed by atoms with Crippen LogP contribution in [0.15, 0.2) is 30.4 Å². The van der Waals surface area contributed by atoms with Crippen LogP contribution in [0.25, 0.3) is 0 Å². The summed E-state index contributed by atoms with van der Waals surface area (Å²) in [5.74, 6) is -1.83. The first-order valence-electron chi connectivity index (χ1n) is 8.45. The molecule has 2 aliphatic carbocycles. The maximum atomic E-state index is 12.6. The van der Waals surface area contributed by atoms with Gasteiger partial charge in [0, 0.05) is 6.07 Å². The Morgan fingerprint density at radius 1 is 1.23 bits per heavy atom. The maximum absolute atomic E-state index is 12.6. The van der Waals surface area contributed by atoms with E-state index < -0.39 is 17.4 Å². The molecule has 26 heavy (non-hydrogen) atoms. The van der Waals surface area contributed by atoms with Gasteiger partial charge in [-0.05, 0) is 36.8 Å². The zero-order valence-electron chi connectivity index (χ0n) is 14.0. The van der Waals surface area contributed by atoms with E-state index in [1.807, 2.05) is 12.2 Å². The molecule has 4 atom stereocenters. The largest absolute Gasteiger partial charge is 0.319 e. The smallest absolute Gasteiger partial charge is 0.293 e. The highest BCUT2D eigenvalue weighted by atomic mass is 16.6. The number of hydrogen-bond acceptors (Lipinski definition) is 5. The third-order valence-electron chi connectivity index (χ3n) is 5.49. The molecule has 2 fully saturated rings. The van der Waals surface area contributed by atoms with Gasteiger partial charge in [-0.15, -0.1) is 0 Å². The quantitative estimate of drug-likeness (QED) is 0.382. The standard InChI is InChI=1S/C18H17N3O5/c1-9-2-5-12(13(6-9)21(25)26)19-14(22)8-20-17(23)15-10-3-4-11(7-10)16(15)18(20)24/h2-6,10-11,15-16H,7-8H2,1H3,(H,19,22)/t10-,11-,15-,16+/m0/s1. The van der Waals surface area contributed by atoms with Crippen molar-refractivity contribution < 1.29 is 19.3 Å². The van der Waals surface area contributed by atoms with Crippen molar-refractivity contribution in [3.05, 3.63) is 46.0 Å². The number of fused-ring (bicyclic) bond motifs is 5. The molecule has 8 nitrogen and oxygen atoms in total. The number of nitrogens with zero attached hydrogens (tertiary/aromatic N) is 2. The van der Waals surface area contributed by atoms with E-state index in [1.165, 1.54) is 12.1 Å². The van der Waals surface area contributed by atoms with Gasteiger partial charge in [-0.2, -0.15) is 0 Å². The molecule has 8 heteroatoms. The number of nitrogens with one attached hydrogen (secondary N) is 1. The maximum Gasteiger partial charge on any atom is 0.293 e. The Kier molecular flexibility index (Phi) is 3.64. The summed E-state index contributed by atoms with van der Waals surface area (Å²) in [5.41, 5.74) is 0.513. The number of likely N-dealkylation sites (tertiary alicyclic amines) is 1. The molecule has 1 heterocycles. The molecule has 3 amide bonds. The monoisotopic (exact) mass is 355 g/mol. The molecular weight excluding hydrogens is 338 g/mol. The minimum atomic E-state index is -0.626. The molecule has 1 saturated heterocycles. The molecule has 0 radical (unpaired) electrons. The summed E-state index contributed by atoms with van der Waals surface area (Å²) < 4.78 is 0. The van der Waals surface area contributed by atoms with Gasteiger partial charge >= 0.3 is 0 Å². The van der Waals surface area contributed by atoms with Crippen LogP contribution in [0.1, 0.15) is 12.0 Å². The van der Waals surface area contributed by atoms with E-state index in [0.29, 0.717) is 5.56 Å². The average molecular weight is 355 g/mol. The van der Waals surface area contributed by atoms with Crippen molar-refractivity contribution in [1.82, 2.24) is 4.90 Å². The number of benzene rings is 1. The summed E-state index contributed by atoms with van der Waals surface area (Å²) >= 11 is 0. The van der Waals surface area contributed by atoms with Crippen molar-refractivity contribution in [2.75, 3.05) is 11.9 Å².